The molecule has 0 amide bonds. The van der Waals surface area contributed by atoms with Crippen LogP contribution in [0.1, 0.15) is 44.2 Å². The second-order valence-electron chi connectivity index (χ2n) is 7.19. The molecule has 1 nitrogen and oxygen atoms in total. The lowest BCUT2D eigenvalue weighted by Gasteiger charge is -2.26. The summed E-state index contributed by atoms with van der Waals surface area (Å²) in [6.07, 6.45) is 8.18. The first kappa shape index (κ1) is 18.5. The van der Waals surface area contributed by atoms with Gasteiger partial charge in [0.2, 0.25) is 0 Å². The molecule has 0 unspecified atom stereocenters. The minimum absolute atomic E-state index is 0.0643. The Balaban J connectivity index is 1.80. The van der Waals surface area contributed by atoms with Gasteiger partial charge in [-0.1, -0.05) is 56.3 Å². The molecule has 3 heteroatoms. The molecule has 126 valence electrons. The van der Waals surface area contributed by atoms with E-state index in [2.05, 4.69) is 31.8 Å². The maximum Gasteiger partial charge on any atom is 0.142 e. The van der Waals surface area contributed by atoms with E-state index in [1.807, 2.05) is 12.1 Å². The van der Waals surface area contributed by atoms with Crippen molar-refractivity contribution in [3.05, 3.63) is 47.3 Å². The summed E-state index contributed by atoms with van der Waals surface area (Å²) in [4.78, 5) is 0. The lowest BCUT2D eigenvalue weighted by atomic mass is 10.0. The third kappa shape index (κ3) is 5.98. The van der Waals surface area contributed by atoms with Crippen molar-refractivity contribution in [1.29, 1.82) is 5.26 Å². The van der Waals surface area contributed by atoms with Crippen LogP contribution in [0.15, 0.2) is 30.4 Å². The van der Waals surface area contributed by atoms with Crippen molar-refractivity contribution in [3.8, 4) is 17.9 Å². The first-order valence-electron chi connectivity index (χ1n) is 8.96. The van der Waals surface area contributed by atoms with Gasteiger partial charge in [0.1, 0.15) is 11.9 Å². The van der Waals surface area contributed by atoms with Crippen LogP contribution >= 0.6 is 0 Å². The summed E-state index contributed by atoms with van der Waals surface area (Å²) >= 11 is 0. The number of hydrogen-bond donors (Lipinski definition) is 0. The van der Waals surface area contributed by atoms with Crippen molar-refractivity contribution >= 4 is 8.80 Å². The summed E-state index contributed by atoms with van der Waals surface area (Å²) < 4.78 is 13.5. The molecule has 1 aliphatic heterocycles. The number of nitrogens with zero attached hydrogens (tertiary/aromatic N) is 1. The molecule has 1 fully saturated rings. The number of nitriles is 1. The molecular formula is C21H26FNSi. The highest BCUT2D eigenvalue weighted by molar-refractivity contribution is 6.59. The quantitative estimate of drug-likeness (QED) is 0.540. The molecule has 0 atom stereocenters. The zero-order valence-electron chi connectivity index (χ0n) is 14.7. The van der Waals surface area contributed by atoms with Gasteiger partial charge in [-0.3, -0.25) is 0 Å². The van der Waals surface area contributed by atoms with Crippen LogP contribution in [0.3, 0.4) is 0 Å². The Morgan fingerprint density at radius 1 is 1.33 bits per heavy atom. The van der Waals surface area contributed by atoms with E-state index < -0.39 is 14.6 Å². The Kier molecular flexibility index (Phi) is 7.28. The highest BCUT2D eigenvalue weighted by Gasteiger charge is 2.20. The van der Waals surface area contributed by atoms with Crippen molar-refractivity contribution in [2.75, 3.05) is 0 Å². The highest BCUT2D eigenvalue weighted by Crippen LogP contribution is 2.29. The largest absolute Gasteiger partial charge is 0.206 e. The van der Waals surface area contributed by atoms with Gasteiger partial charge in [-0.2, -0.15) is 5.26 Å². The molecule has 0 spiro atoms. The molecule has 0 saturated carbocycles. The molecular weight excluding hydrogens is 313 g/mol. The van der Waals surface area contributed by atoms with Crippen LogP contribution < -0.4 is 0 Å². The van der Waals surface area contributed by atoms with E-state index in [9.17, 15) is 4.39 Å². The van der Waals surface area contributed by atoms with Crippen LogP contribution in [0.25, 0.3) is 0 Å². The maximum absolute atomic E-state index is 13.5. The number of hydrogen-bond acceptors (Lipinski definition) is 1. The molecule has 24 heavy (non-hydrogen) atoms. The van der Waals surface area contributed by atoms with Gasteiger partial charge in [0.15, 0.2) is 0 Å². The summed E-state index contributed by atoms with van der Waals surface area (Å²) in [5.74, 6) is 6.95. The molecule has 1 saturated heterocycles. The second kappa shape index (κ2) is 9.45. The van der Waals surface area contributed by atoms with Crippen molar-refractivity contribution in [2.45, 2.75) is 51.2 Å². The maximum atomic E-state index is 13.5. The lowest BCUT2D eigenvalue weighted by molar-refractivity contribution is 0.563. The molecule has 1 aromatic carbocycles. The summed E-state index contributed by atoms with van der Waals surface area (Å²) in [6.45, 7) is 4.64. The van der Waals surface area contributed by atoms with Crippen LogP contribution in [0, 0.1) is 40.8 Å². The molecule has 1 aromatic rings. The van der Waals surface area contributed by atoms with Crippen molar-refractivity contribution in [2.24, 2.45) is 11.8 Å². The standard InChI is InChI=1S/C21H26FNSi/c1-17(2)9-12-24-13-10-18(11-14-24)5-3-4-6-19-7-8-20(16-23)21(22)15-19/h3,5,7-8,15,17-18,24H,9-14H2,1-2H3/t18-,24-. The van der Waals surface area contributed by atoms with Gasteiger partial charge in [-0.15, -0.1) is 0 Å². The van der Waals surface area contributed by atoms with Crippen LogP contribution in [0.5, 0.6) is 0 Å². The van der Waals surface area contributed by atoms with E-state index >= 15 is 0 Å². The van der Waals surface area contributed by atoms with E-state index in [-0.39, 0.29) is 5.56 Å². The zero-order chi connectivity index (χ0) is 17.4. The van der Waals surface area contributed by atoms with Crippen LogP contribution in [0.2, 0.25) is 18.1 Å². The molecule has 1 aliphatic rings. The normalized spacial score (nSPS) is 20.6. The van der Waals surface area contributed by atoms with Gasteiger partial charge in [0.25, 0.3) is 0 Å². The van der Waals surface area contributed by atoms with Gasteiger partial charge in [-0.05, 0) is 49.0 Å². The number of halogens is 1. The minimum Gasteiger partial charge on any atom is -0.206 e. The molecule has 0 N–H and O–H groups in total. The number of rotatable bonds is 4. The number of benzene rings is 1. The third-order valence-corrected chi connectivity index (χ3v) is 8.25. The Morgan fingerprint density at radius 3 is 2.71 bits per heavy atom. The van der Waals surface area contributed by atoms with Gasteiger partial charge in [-0.25, -0.2) is 4.39 Å². The first-order valence-corrected chi connectivity index (χ1v) is 11.4. The predicted molar refractivity (Wildman–Crippen MR) is 101 cm³/mol. The van der Waals surface area contributed by atoms with Gasteiger partial charge >= 0.3 is 0 Å². The third-order valence-electron chi connectivity index (χ3n) is 4.80. The van der Waals surface area contributed by atoms with Gasteiger partial charge in [0, 0.05) is 14.4 Å². The average Bonchev–Trinajstić information content (AvgIpc) is 2.58. The smallest absolute Gasteiger partial charge is 0.142 e. The molecule has 0 aromatic heterocycles. The second-order valence-corrected chi connectivity index (χ2v) is 10.7. The zero-order valence-corrected chi connectivity index (χ0v) is 15.8. The predicted octanol–water partition coefficient (Wildman–Crippen LogP) is 5.29. The SMILES string of the molecule is CC(C)CC[Si@H]1CC[C@H](C=CC#Cc2ccc(C#N)c(F)c2)CC1. The monoisotopic (exact) mass is 339 g/mol. The summed E-state index contributed by atoms with van der Waals surface area (Å²) in [5.41, 5.74) is 0.676. The fourth-order valence-electron chi connectivity index (χ4n) is 3.23. The van der Waals surface area contributed by atoms with E-state index in [4.69, 9.17) is 5.26 Å². The fourth-order valence-corrected chi connectivity index (χ4v) is 7.03. The molecule has 1 heterocycles. The number of allylic oxidation sites excluding steroid dienone is 2. The van der Waals surface area contributed by atoms with Crippen molar-refractivity contribution in [1.82, 2.24) is 0 Å². The molecule has 2 rings (SSSR count). The highest BCUT2D eigenvalue weighted by atomic mass is 28.3. The Bertz CT molecular complexity index is 667. The summed E-state index contributed by atoms with van der Waals surface area (Å²) in [6, 6.07) is 10.8. The van der Waals surface area contributed by atoms with Crippen LogP contribution in [-0.2, 0) is 0 Å². The van der Waals surface area contributed by atoms with Crippen LogP contribution in [-0.4, -0.2) is 8.80 Å². The molecule has 0 radical (unpaired) electrons. The Morgan fingerprint density at radius 2 is 2.08 bits per heavy atom. The van der Waals surface area contributed by atoms with E-state index in [0.717, 1.165) is 5.92 Å². The van der Waals surface area contributed by atoms with Gasteiger partial charge in [0.05, 0.1) is 5.56 Å². The minimum atomic E-state index is -0.502. The average molecular weight is 340 g/mol. The molecule has 0 aliphatic carbocycles. The van der Waals surface area contributed by atoms with Gasteiger partial charge < -0.3 is 0 Å². The topological polar surface area (TPSA) is 23.8 Å². The Labute approximate surface area is 147 Å². The van der Waals surface area contributed by atoms with E-state index in [1.165, 1.54) is 49.5 Å². The Hall–Kier alpha value is -1.84. The molecule has 0 bridgehead atoms. The summed E-state index contributed by atoms with van der Waals surface area (Å²) in [7, 11) is -0.463. The van der Waals surface area contributed by atoms with Crippen molar-refractivity contribution < 1.29 is 4.39 Å². The lowest BCUT2D eigenvalue weighted by Crippen LogP contribution is -2.20. The first-order chi connectivity index (χ1) is 11.6. The van der Waals surface area contributed by atoms with E-state index in [1.54, 1.807) is 6.07 Å². The van der Waals surface area contributed by atoms with Crippen molar-refractivity contribution in [3.63, 3.8) is 0 Å². The summed E-state index contributed by atoms with van der Waals surface area (Å²) in [5, 5.41) is 8.71. The fraction of sp³-hybridized carbons (Fsp3) is 0.476. The van der Waals surface area contributed by atoms with E-state index in [0.29, 0.717) is 11.5 Å². The van der Waals surface area contributed by atoms with Crippen LogP contribution in [0.4, 0.5) is 4.39 Å².